The highest BCUT2D eigenvalue weighted by Gasteiger charge is 2.21. The highest BCUT2D eigenvalue weighted by Crippen LogP contribution is 2.43. The number of nitrogens with zero attached hydrogens (tertiary/aromatic N) is 4. The van der Waals surface area contributed by atoms with Crippen molar-refractivity contribution in [3.8, 4) is 55.9 Å². The van der Waals surface area contributed by atoms with Crippen molar-refractivity contribution in [2.75, 3.05) is 0 Å². The van der Waals surface area contributed by atoms with E-state index in [2.05, 4.69) is 97.1 Å². The van der Waals surface area contributed by atoms with Crippen LogP contribution in [0.1, 0.15) is 0 Å². The predicted molar refractivity (Wildman–Crippen MR) is 220 cm³/mol. The summed E-state index contributed by atoms with van der Waals surface area (Å²) in [5, 5.41) is 5.47. The molecular weight excluding hydrogens is 689 g/mol. The molecule has 0 N–H and O–H groups in total. The van der Waals surface area contributed by atoms with Gasteiger partial charge in [-0.3, -0.25) is 0 Å². The number of hydrogen-bond acceptors (Lipinski definition) is 7. The Morgan fingerprint density at radius 2 is 1.02 bits per heavy atom. The summed E-state index contributed by atoms with van der Waals surface area (Å²) in [6.45, 7) is 0. The number of aromatic nitrogens is 4. The maximum Gasteiger partial charge on any atom is 0.164 e. The van der Waals surface area contributed by atoms with Crippen molar-refractivity contribution in [1.82, 2.24) is 19.9 Å². The second-order valence-corrected chi connectivity index (χ2v) is 15.1. The Morgan fingerprint density at radius 1 is 0.396 bits per heavy atom. The molecule has 0 spiro atoms. The van der Waals surface area contributed by atoms with E-state index in [0.717, 1.165) is 65.0 Å². The van der Waals surface area contributed by atoms with E-state index in [0.29, 0.717) is 17.5 Å². The Hall–Kier alpha value is -6.54. The van der Waals surface area contributed by atoms with Gasteiger partial charge in [0.2, 0.25) is 0 Å². The smallest absolute Gasteiger partial charge is 0.164 e. The molecule has 4 aromatic heterocycles. The first kappa shape index (κ1) is 30.1. The maximum atomic E-state index is 6.63. The minimum Gasteiger partial charge on any atom is -0.455 e. The lowest BCUT2D eigenvalue weighted by molar-refractivity contribution is 0.670. The number of para-hydroxylation sites is 2. The zero-order valence-electron chi connectivity index (χ0n) is 28.0. The average Bonchev–Trinajstić information content (AvgIpc) is 3.94. The molecule has 0 unspecified atom stereocenters. The van der Waals surface area contributed by atoms with Crippen LogP contribution in [0.25, 0.3) is 108 Å². The minimum atomic E-state index is 0.590. The molecule has 0 aliphatic rings. The van der Waals surface area contributed by atoms with E-state index in [9.17, 15) is 0 Å². The molecule has 4 heterocycles. The van der Waals surface area contributed by atoms with E-state index in [1.54, 1.807) is 11.3 Å². The number of benzene rings is 7. The number of fused-ring (bicyclic) bond motifs is 7. The topological polar surface area (TPSA) is 64.7 Å². The summed E-state index contributed by atoms with van der Waals surface area (Å²) in [6, 6.07) is 54.5. The zero-order chi connectivity index (χ0) is 34.9. The number of hydrogen-bond donors (Lipinski definition) is 0. The van der Waals surface area contributed by atoms with Crippen molar-refractivity contribution in [2.45, 2.75) is 0 Å². The molecule has 0 saturated carbocycles. The average molecular weight is 715 g/mol. The summed E-state index contributed by atoms with van der Waals surface area (Å²) in [5.74, 6) is 1.82. The Kier molecular flexibility index (Phi) is 6.83. The van der Waals surface area contributed by atoms with Crippen molar-refractivity contribution in [3.63, 3.8) is 0 Å². The quantitative estimate of drug-likeness (QED) is 0.178. The normalized spacial score (nSPS) is 11.8. The van der Waals surface area contributed by atoms with Crippen LogP contribution in [0.4, 0.5) is 0 Å². The van der Waals surface area contributed by atoms with Gasteiger partial charge in [0.25, 0.3) is 0 Å². The molecular formula is C46H26N4OS2. The molecule has 0 radical (unpaired) electrons. The third-order valence-corrected chi connectivity index (χ3v) is 12.1. The van der Waals surface area contributed by atoms with Gasteiger partial charge >= 0.3 is 0 Å². The molecule has 0 saturated heterocycles. The number of thiophene rings is 1. The molecule has 0 aliphatic carbocycles. The van der Waals surface area contributed by atoms with Crippen LogP contribution in [0.5, 0.6) is 0 Å². The second kappa shape index (κ2) is 12.0. The van der Waals surface area contributed by atoms with Crippen LogP contribution in [0.3, 0.4) is 0 Å². The second-order valence-electron chi connectivity index (χ2n) is 13.0. The van der Waals surface area contributed by atoms with E-state index >= 15 is 0 Å². The number of rotatable bonds is 5. The molecule has 11 rings (SSSR count). The van der Waals surface area contributed by atoms with Gasteiger partial charge in [0.1, 0.15) is 16.2 Å². The summed E-state index contributed by atoms with van der Waals surface area (Å²) in [7, 11) is 0. The largest absolute Gasteiger partial charge is 0.455 e. The van der Waals surface area contributed by atoms with E-state index in [1.807, 2.05) is 72.0 Å². The van der Waals surface area contributed by atoms with Gasteiger partial charge in [-0.2, -0.15) is 0 Å². The van der Waals surface area contributed by atoms with Gasteiger partial charge in [0.05, 0.1) is 15.8 Å². The molecule has 0 amide bonds. The number of thiazole rings is 1. The first-order valence-corrected chi connectivity index (χ1v) is 19.0. The lowest BCUT2D eigenvalue weighted by Crippen LogP contribution is -2.00. The van der Waals surface area contributed by atoms with E-state index in [-0.39, 0.29) is 0 Å². The molecule has 0 atom stereocenters. The van der Waals surface area contributed by atoms with E-state index < -0.39 is 0 Å². The highest BCUT2D eigenvalue weighted by molar-refractivity contribution is 7.26. The van der Waals surface area contributed by atoms with Gasteiger partial charge < -0.3 is 4.42 Å². The third-order valence-electron chi connectivity index (χ3n) is 9.81. The predicted octanol–water partition coefficient (Wildman–Crippen LogP) is 13.1. The first-order valence-electron chi connectivity index (χ1n) is 17.4. The molecule has 53 heavy (non-hydrogen) atoms. The van der Waals surface area contributed by atoms with Crippen molar-refractivity contribution in [1.29, 1.82) is 0 Å². The first-order chi connectivity index (χ1) is 26.2. The summed E-state index contributed by atoms with van der Waals surface area (Å²) in [4.78, 5) is 20.2. The van der Waals surface area contributed by atoms with E-state index in [4.69, 9.17) is 24.4 Å². The van der Waals surface area contributed by atoms with Crippen molar-refractivity contribution < 1.29 is 4.42 Å². The maximum absolute atomic E-state index is 6.63. The Labute approximate surface area is 311 Å². The molecule has 7 heteroatoms. The minimum absolute atomic E-state index is 0.590. The van der Waals surface area contributed by atoms with Crippen molar-refractivity contribution in [3.05, 3.63) is 158 Å². The summed E-state index contributed by atoms with van der Waals surface area (Å²) < 4.78 is 10.4. The van der Waals surface area contributed by atoms with Crippen molar-refractivity contribution in [2.24, 2.45) is 0 Å². The Bertz CT molecular complexity index is 3150. The highest BCUT2D eigenvalue weighted by atomic mass is 32.1. The van der Waals surface area contributed by atoms with Crippen LogP contribution in [0.15, 0.2) is 162 Å². The van der Waals surface area contributed by atoms with Crippen LogP contribution in [-0.4, -0.2) is 19.9 Å². The zero-order valence-corrected chi connectivity index (χ0v) is 29.7. The lowest BCUT2D eigenvalue weighted by Gasteiger charge is -2.10. The van der Waals surface area contributed by atoms with Gasteiger partial charge in [-0.25, -0.2) is 19.9 Å². The molecule has 0 aliphatic heterocycles. The summed E-state index contributed by atoms with van der Waals surface area (Å²) in [5.41, 5.74) is 8.63. The van der Waals surface area contributed by atoms with Crippen LogP contribution in [0, 0.1) is 0 Å². The Morgan fingerprint density at radius 3 is 1.85 bits per heavy atom. The molecule has 248 valence electrons. The van der Waals surface area contributed by atoms with Gasteiger partial charge in [-0.15, -0.1) is 22.7 Å². The summed E-state index contributed by atoms with van der Waals surface area (Å²) in [6.07, 6.45) is 0. The van der Waals surface area contributed by atoms with Gasteiger partial charge in [0.15, 0.2) is 17.5 Å². The lowest BCUT2D eigenvalue weighted by atomic mass is 10.0. The monoisotopic (exact) mass is 714 g/mol. The molecule has 0 bridgehead atoms. The van der Waals surface area contributed by atoms with Crippen LogP contribution in [0.2, 0.25) is 0 Å². The number of furan rings is 1. The molecule has 5 nitrogen and oxygen atoms in total. The van der Waals surface area contributed by atoms with Crippen molar-refractivity contribution >= 4 is 75.0 Å². The SMILES string of the molecule is c1ccc(-c2nc(-c3ccc(-c4cccc5c4sc4ccccc45)cc3)nc(-c3cccc4oc5c(-c6nc7ccccc7s6)cccc5c34)n2)cc1. The van der Waals surface area contributed by atoms with Gasteiger partial charge in [-0.05, 0) is 41.5 Å². The molecule has 11 aromatic rings. The van der Waals surface area contributed by atoms with Gasteiger partial charge in [-0.1, -0.05) is 127 Å². The fourth-order valence-corrected chi connectivity index (χ4v) is 9.53. The summed E-state index contributed by atoms with van der Waals surface area (Å²) >= 11 is 3.51. The molecule has 7 aromatic carbocycles. The Balaban J connectivity index is 1.06. The van der Waals surface area contributed by atoms with Crippen LogP contribution >= 0.6 is 22.7 Å². The van der Waals surface area contributed by atoms with Gasteiger partial charge in [0, 0.05) is 47.6 Å². The van der Waals surface area contributed by atoms with Crippen LogP contribution < -0.4 is 0 Å². The van der Waals surface area contributed by atoms with E-state index in [1.165, 1.54) is 25.7 Å². The van der Waals surface area contributed by atoms with Crippen LogP contribution in [-0.2, 0) is 0 Å². The fraction of sp³-hybridized carbons (Fsp3) is 0. The molecule has 0 fully saturated rings. The fourth-order valence-electron chi connectivity index (χ4n) is 7.31. The standard InChI is InChI=1S/C46H26N4OS2/c1-2-11-28(12-3-1)43-48-44(29-25-23-27(24-26-29)30-14-8-15-32-31-13-4-6-21-38(31)52-42(30)32)50-45(49-43)34-17-10-20-37-40(34)33-16-9-18-35(41(33)51-37)46-47-36-19-5-7-22-39(36)53-46/h1-26H. The third kappa shape index (κ3) is 4.97.